The second-order valence-corrected chi connectivity index (χ2v) is 3.00. The Balaban J connectivity index is 3.03. The van der Waals surface area contributed by atoms with E-state index in [9.17, 15) is 19.7 Å². The van der Waals surface area contributed by atoms with Crippen LogP contribution in [0.4, 0.5) is 11.4 Å². The molecule has 0 saturated carbocycles. The molecule has 16 heavy (non-hydrogen) atoms. The first kappa shape index (κ1) is 9.96. The topological polar surface area (TPSA) is 129 Å². The summed E-state index contributed by atoms with van der Waals surface area (Å²) in [6.45, 7) is 1.47. The number of aryl methyl sites for hydroxylation is 1. The summed E-state index contributed by atoms with van der Waals surface area (Å²) < 4.78 is 0.824. The standard InChI is InChI=1S/C7H5N5O4/c1-2-3(10-15)5-8-6(13)4(11-16)7(14)12(5)9-2/h14H,1H3,(H,8,13). The highest BCUT2D eigenvalue weighted by molar-refractivity contribution is 5.69. The summed E-state index contributed by atoms with van der Waals surface area (Å²) in [5, 5.41) is 18.3. The molecule has 2 rings (SSSR count). The minimum absolute atomic E-state index is 0.0811. The lowest BCUT2D eigenvalue weighted by atomic mass is 10.4. The van der Waals surface area contributed by atoms with Crippen molar-refractivity contribution in [2.24, 2.45) is 10.4 Å². The number of aromatic nitrogens is 3. The van der Waals surface area contributed by atoms with Gasteiger partial charge in [-0.15, -0.1) is 9.81 Å². The van der Waals surface area contributed by atoms with Crippen LogP contribution < -0.4 is 5.56 Å². The Morgan fingerprint density at radius 2 is 1.94 bits per heavy atom. The van der Waals surface area contributed by atoms with Crippen LogP contribution in [-0.2, 0) is 0 Å². The van der Waals surface area contributed by atoms with E-state index in [1.54, 1.807) is 0 Å². The lowest BCUT2D eigenvalue weighted by Gasteiger charge is -1.97. The smallest absolute Gasteiger partial charge is 0.284 e. The van der Waals surface area contributed by atoms with Gasteiger partial charge >= 0.3 is 0 Å². The van der Waals surface area contributed by atoms with Crippen molar-refractivity contribution in [3.63, 3.8) is 0 Å². The molecule has 82 valence electrons. The zero-order valence-electron chi connectivity index (χ0n) is 7.96. The molecule has 2 N–H and O–H groups in total. The Hall–Kier alpha value is -2.58. The highest BCUT2D eigenvalue weighted by atomic mass is 16.3. The van der Waals surface area contributed by atoms with Gasteiger partial charge in [0.1, 0.15) is 0 Å². The quantitative estimate of drug-likeness (QED) is 0.728. The van der Waals surface area contributed by atoms with Crippen molar-refractivity contribution < 1.29 is 5.11 Å². The van der Waals surface area contributed by atoms with Crippen LogP contribution in [0, 0.1) is 16.7 Å². The number of nitrogens with zero attached hydrogens (tertiary/aromatic N) is 4. The Kier molecular flexibility index (Phi) is 2.01. The summed E-state index contributed by atoms with van der Waals surface area (Å²) in [4.78, 5) is 34.2. The van der Waals surface area contributed by atoms with Crippen LogP contribution in [0.1, 0.15) is 5.69 Å². The van der Waals surface area contributed by atoms with Crippen LogP contribution in [0.15, 0.2) is 15.1 Å². The van der Waals surface area contributed by atoms with E-state index in [0.29, 0.717) is 0 Å². The molecule has 0 atom stereocenters. The van der Waals surface area contributed by atoms with Gasteiger partial charge < -0.3 is 10.1 Å². The molecule has 0 fully saturated rings. The number of hydrogen-bond donors (Lipinski definition) is 2. The zero-order chi connectivity index (χ0) is 11.9. The second kappa shape index (κ2) is 3.22. The number of aromatic hydroxyl groups is 1. The first-order valence-corrected chi connectivity index (χ1v) is 4.11. The maximum absolute atomic E-state index is 11.3. The molecule has 0 saturated heterocycles. The molecule has 0 aliphatic carbocycles. The van der Waals surface area contributed by atoms with Gasteiger partial charge in [-0.05, 0) is 17.3 Å². The Morgan fingerprint density at radius 3 is 2.50 bits per heavy atom. The number of H-pyrrole nitrogens is 1. The van der Waals surface area contributed by atoms with Crippen molar-refractivity contribution in [3.8, 4) is 5.88 Å². The van der Waals surface area contributed by atoms with Crippen LogP contribution in [-0.4, -0.2) is 19.7 Å². The first-order chi connectivity index (χ1) is 7.60. The second-order valence-electron chi connectivity index (χ2n) is 3.00. The van der Waals surface area contributed by atoms with Gasteiger partial charge in [0.15, 0.2) is 11.3 Å². The van der Waals surface area contributed by atoms with Crippen molar-refractivity contribution >= 4 is 17.0 Å². The third kappa shape index (κ3) is 1.11. The van der Waals surface area contributed by atoms with Gasteiger partial charge in [0, 0.05) is 0 Å². The van der Waals surface area contributed by atoms with Crippen LogP contribution >= 0.6 is 0 Å². The Morgan fingerprint density at radius 1 is 1.31 bits per heavy atom. The molecule has 0 aliphatic rings. The van der Waals surface area contributed by atoms with E-state index in [2.05, 4.69) is 20.4 Å². The minimum atomic E-state index is -0.912. The van der Waals surface area contributed by atoms with Crippen LogP contribution in [0.2, 0.25) is 0 Å². The van der Waals surface area contributed by atoms with Crippen molar-refractivity contribution in [3.05, 3.63) is 25.9 Å². The maximum Gasteiger partial charge on any atom is 0.284 e. The zero-order valence-corrected chi connectivity index (χ0v) is 7.96. The fourth-order valence-electron chi connectivity index (χ4n) is 1.34. The molecule has 0 spiro atoms. The molecule has 2 aromatic heterocycles. The molecule has 9 heteroatoms. The molecule has 0 radical (unpaired) electrons. The lowest BCUT2D eigenvalue weighted by molar-refractivity contribution is 0.436. The molecule has 0 bridgehead atoms. The van der Waals surface area contributed by atoms with Gasteiger partial charge in [-0.1, -0.05) is 0 Å². The average molecular weight is 223 g/mol. The Bertz CT molecular complexity index is 655. The van der Waals surface area contributed by atoms with E-state index in [1.807, 2.05) is 0 Å². The van der Waals surface area contributed by atoms with Crippen LogP contribution in [0.5, 0.6) is 5.88 Å². The lowest BCUT2D eigenvalue weighted by Crippen LogP contribution is -2.08. The van der Waals surface area contributed by atoms with E-state index in [1.165, 1.54) is 6.92 Å². The molecule has 2 aromatic rings. The molecule has 9 nitrogen and oxygen atoms in total. The summed E-state index contributed by atoms with van der Waals surface area (Å²) in [7, 11) is 0. The number of hydrogen-bond acceptors (Lipinski definition) is 7. The summed E-state index contributed by atoms with van der Waals surface area (Å²) in [5.41, 5.74) is -1.59. The number of aromatic amines is 1. The van der Waals surface area contributed by atoms with E-state index in [-0.39, 0.29) is 17.0 Å². The van der Waals surface area contributed by atoms with Gasteiger partial charge in [-0.2, -0.15) is 9.61 Å². The highest BCUT2D eigenvalue weighted by Crippen LogP contribution is 2.28. The monoisotopic (exact) mass is 223 g/mol. The summed E-state index contributed by atoms with van der Waals surface area (Å²) in [6, 6.07) is 0. The van der Waals surface area contributed by atoms with Crippen LogP contribution in [0.25, 0.3) is 5.65 Å². The van der Waals surface area contributed by atoms with Gasteiger partial charge in [0.25, 0.3) is 5.56 Å². The molecule has 0 aliphatic heterocycles. The largest absolute Gasteiger partial charge is 0.491 e. The average Bonchev–Trinajstić information content (AvgIpc) is 2.55. The molecule has 0 amide bonds. The van der Waals surface area contributed by atoms with Gasteiger partial charge in [0.05, 0.1) is 5.69 Å². The van der Waals surface area contributed by atoms with Gasteiger partial charge in [-0.3, -0.25) is 4.79 Å². The highest BCUT2D eigenvalue weighted by Gasteiger charge is 2.18. The van der Waals surface area contributed by atoms with Crippen LogP contribution in [0.3, 0.4) is 0 Å². The third-order valence-electron chi connectivity index (χ3n) is 2.07. The predicted molar refractivity (Wildman–Crippen MR) is 53.1 cm³/mol. The molecular weight excluding hydrogens is 218 g/mol. The van der Waals surface area contributed by atoms with Gasteiger partial charge in [0.2, 0.25) is 11.6 Å². The Labute approximate surface area is 86.7 Å². The molecule has 0 unspecified atom stereocenters. The van der Waals surface area contributed by atoms with Crippen molar-refractivity contribution in [2.75, 3.05) is 0 Å². The van der Waals surface area contributed by atoms with Crippen molar-refractivity contribution in [2.45, 2.75) is 6.92 Å². The third-order valence-corrected chi connectivity index (χ3v) is 2.07. The normalized spacial score (nSPS) is 10.6. The van der Waals surface area contributed by atoms with E-state index < -0.39 is 17.1 Å². The molecule has 2 heterocycles. The van der Waals surface area contributed by atoms with E-state index >= 15 is 0 Å². The summed E-state index contributed by atoms with van der Waals surface area (Å²) >= 11 is 0. The van der Waals surface area contributed by atoms with Gasteiger partial charge in [-0.25, -0.2) is 0 Å². The molecular formula is C7H5N5O4. The maximum atomic E-state index is 11.3. The predicted octanol–water partition coefficient (Wildman–Crippen LogP) is 0.832. The first-order valence-electron chi connectivity index (χ1n) is 4.11. The number of rotatable bonds is 2. The number of nitrogens with one attached hydrogen (secondary N) is 1. The van der Waals surface area contributed by atoms with Crippen molar-refractivity contribution in [1.82, 2.24) is 14.6 Å². The summed E-state index contributed by atoms with van der Waals surface area (Å²) in [5.74, 6) is -0.730. The van der Waals surface area contributed by atoms with E-state index in [4.69, 9.17) is 0 Å². The number of fused-ring (bicyclic) bond motifs is 1. The van der Waals surface area contributed by atoms with E-state index in [0.717, 1.165) is 4.52 Å². The summed E-state index contributed by atoms with van der Waals surface area (Å²) in [6.07, 6.45) is 0. The fourth-order valence-corrected chi connectivity index (χ4v) is 1.34. The fraction of sp³-hybridized carbons (Fsp3) is 0.143. The van der Waals surface area contributed by atoms with Crippen molar-refractivity contribution in [1.29, 1.82) is 0 Å². The minimum Gasteiger partial charge on any atom is -0.491 e. The SMILES string of the molecule is Cc1nn2c(O)c(N=O)c(=O)[nH]c2c1N=O. The molecule has 0 aromatic carbocycles. The number of nitroso groups, excluding NO2 is 2.